The average molecular weight is 307 g/mol. The number of H-pyrrole nitrogens is 1. The number of fused-ring (bicyclic) bond motifs is 1. The van der Waals surface area contributed by atoms with Crippen molar-refractivity contribution in [1.82, 2.24) is 14.5 Å². The Morgan fingerprint density at radius 3 is 2.50 bits per heavy atom. The third-order valence-corrected chi connectivity index (χ3v) is 3.10. The van der Waals surface area contributed by atoms with E-state index >= 15 is 0 Å². The minimum atomic E-state index is -4.58. The summed E-state index contributed by atoms with van der Waals surface area (Å²) in [4.78, 5) is 30.6. The lowest BCUT2D eigenvalue weighted by atomic mass is 10.1. The van der Waals surface area contributed by atoms with Crippen molar-refractivity contribution in [2.24, 2.45) is 0 Å². The second-order valence-electron chi connectivity index (χ2n) is 4.52. The Balaban J connectivity index is 2.37. The van der Waals surface area contributed by atoms with E-state index < -0.39 is 23.0 Å². The van der Waals surface area contributed by atoms with Gasteiger partial charge >= 0.3 is 11.9 Å². The zero-order valence-electron chi connectivity index (χ0n) is 10.9. The van der Waals surface area contributed by atoms with E-state index in [4.69, 9.17) is 0 Å². The van der Waals surface area contributed by atoms with Gasteiger partial charge in [0, 0.05) is 6.20 Å². The summed E-state index contributed by atoms with van der Waals surface area (Å²) >= 11 is 0. The van der Waals surface area contributed by atoms with Gasteiger partial charge in [-0.2, -0.15) is 13.2 Å². The number of aromatic nitrogens is 3. The standard InChI is InChI=1S/C14H8F3N3O2/c15-14(16,17)8-4-5-10-9(7-8)12(21)20(13(22)19-10)11-3-1-2-6-18-11/h1-7H,(H,19,22). The molecule has 8 heteroatoms. The molecule has 0 aliphatic rings. The fraction of sp³-hybridized carbons (Fsp3) is 0.0714. The van der Waals surface area contributed by atoms with Gasteiger partial charge in [-0.25, -0.2) is 14.3 Å². The van der Waals surface area contributed by atoms with Crippen molar-refractivity contribution in [3.05, 3.63) is 69.0 Å². The van der Waals surface area contributed by atoms with Crippen LogP contribution in [0.25, 0.3) is 16.7 Å². The lowest BCUT2D eigenvalue weighted by molar-refractivity contribution is -0.137. The lowest BCUT2D eigenvalue weighted by Gasteiger charge is -2.09. The van der Waals surface area contributed by atoms with E-state index in [2.05, 4.69) is 9.97 Å². The molecule has 0 saturated heterocycles. The molecule has 112 valence electrons. The number of rotatable bonds is 1. The maximum atomic E-state index is 12.8. The topological polar surface area (TPSA) is 67.8 Å². The SMILES string of the molecule is O=c1[nH]c2ccc(C(F)(F)F)cc2c(=O)n1-c1ccccn1. The maximum Gasteiger partial charge on any atom is 0.416 e. The summed E-state index contributed by atoms with van der Waals surface area (Å²) in [6, 6.07) is 7.14. The van der Waals surface area contributed by atoms with Gasteiger partial charge < -0.3 is 4.98 Å². The van der Waals surface area contributed by atoms with Crippen molar-refractivity contribution in [2.75, 3.05) is 0 Å². The monoisotopic (exact) mass is 307 g/mol. The van der Waals surface area contributed by atoms with Crippen LogP contribution in [0.3, 0.4) is 0 Å². The van der Waals surface area contributed by atoms with E-state index in [9.17, 15) is 22.8 Å². The highest BCUT2D eigenvalue weighted by Gasteiger charge is 2.31. The number of benzene rings is 1. The maximum absolute atomic E-state index is 12.8. The molecular weight excluding hydrogens is 299 g/mol. The van der Waals surface area contributed by atoms with Gasteiger partial charge in [-0.1, -0.05) is 6.07 Å². The summed E-state index contributed by atoms with van der Waals surface area (Å²) in [5, 5.41) is -0.236. The van der Waals surface area contributed by atoms with Crippen molar-refractivity contribution in [3.63, 3.8) is 0 Å². The number of hydrogen-bond acceptors (Lipinski definition) is 3. The molecule has 0 aliphatic carbocycles. The predicted molar refractivity (Wildman–Crippen MR) is 73.0 cm³/mol. The van der Waals surface area contributed by atoms with E-state index in [1.54, 1.807) is 12.1 Å². The van der Waals surface area contributed by atoms with Gasteiger partial charge in [0.05, 0.1) is 16.5 Å². The Labute approximate surface area is 120 Å². The Kier molecular flexibility index (Phi) is 3.09. The first kappa shape index (κ1) is 14.1. The number of alkyl halides is 3. The van der Waals surface area contributed by atoms with Gasteiger partial charge in [0.2, 0.25) is 0 Å². The van der Waals surface area contributed by atoms with E-state index in [0.29, 0.717) is 10.6 Å². The minimum absolute atomic E-state index is 0.0352. The largest absolute Gasteiger partial charge is 0.416 e. The van der Waals surface area contributed by atoms with Crippen LogP contribution in [0.5, 0.6) is 0 Å². The molecule has 0 bridgehead atoms. The number of nitrogens with one attached hydrogen (secondary N) is 1. The molecule has 0 spiro atoms. The van der Waals surface area contributed by atoms with Gasteiger partial charge in [0.15, 0.2) is 0 Å². The van der Waals surface area contributed by atoms with Crippen LogP contribution in [0, 0.1) is 0 Å². The van der Waals surface area contributed by atoms with Crippen LogP contribution in [0.15, 0.2) is 52.2 Å². The molecule has 0 amide bonds. The molecule has 5 nitrogen and oxygen atoms in total. The first-order chi connectivity index (χ1) is 10.4. The first-order valence-electron chi connectivity index (χ1n) is 6.15. The summed E-state index contributed by atoms with van der Waals surface area (Å²) in [5.41, 5.74) is -2.55. The summed E-state index contributed by atoms with van der Waals surface area (Å²) in [6.07, 6.45) is -3.20. The van der Waals surface area contributed by atoms with Gasteiger partial charge in [-0.3, -0.25) is 4.79 Å². The Morgan fingerprint density at radius 1 is 1.09 bits per heavy atom. The van der Waals surface area contributed by atoms with Crippen molar-refractivity contribution in [2.45, 2.75) is 6.18 Å². The second kappa shape index (κ2) is 4.83. The fourth-order valence-electron chi connectivity index (χ4n) is 2.08. The first-order valence-corrected chi connectivity index (χ1v) is 6.15. The zero-order chi connectivity index (χ0) is 15.9. The summed E-state index contributed by atoms with van der Waals surface area (Å²) in [5.74, 6) is 0.0352. The smallest absolute Gasteiger partial charge is 0.306 e. The minimum Gasteiger partial charge on any atom is -0.306 e. The molecule has 1 aromatic carbocycles. The van der Waals surface area contributed by atoms with Crippen LogP contribution in [0.4, 0.5) is 13.2 Å². The fourth-order valence-corrected chi connectivity index (χ4v) is 2.08. The Bertz CT molecular complexity index is 959. The van der Waals surface area contributed by atoms with Crippen molar-refractivity contribution < 1.29 is 13.2 Å². The van der Waals surface area contributed by atoms with E-state index in [0.717, 1.165) is 12.1 Å². The van der Waals surface area contributed by atoms with E-state index in [1.807, 2.05) is 0 Å². The van der Waals surface area contributed by atoms with Crippen molar-refractivity contribution >= 4 is 10.9 Å². The predicted octanol–water partition coefficient (Wildman–Crippen LogP) is 2.09. The normalized spacial score (nSPS) is 11.8. The second-order valence-corrected chi connectivity index (χ2v) is 4.52. The molecule has 22 heavy (non-hydrogen) atoms. The number of aromatic amines is 1. The highest BCUT2D eigenvalue weighted by Crippen LogP contribution is 2.30. The zero-order valence-corrected chi connectivity index (χ0v) is 10.9. The molecule has 2 heterocycles. The van der Waals surface area contributed by atoms with Gasteiger partial charge in [-0.15, -0.1) is 0 Å². The van der Waals surface area contributed by atoms with Crippen LogP contribution in [-0.4, -0.2) is 14.5 Å². The molecule has 3 rings (SSSR count). The molecule has 0 atom stereocenters. The quantitative estimate of drug-likeness (QED) is 0.748. The Morgan fingerprint density at radius 2 is 1.86 bits per heavy atom. The summed E-state index contributed by atoms with van der Waals surface area (Å²) in [7, 11) is 0. The summed E-state index contributed by atoms with van der Waals surface area (Å²) < 4.78 is 39.0. The van der Waals surface area contributed by atoms with Crippen molar-refractivity contribution in [3.8, 4) is 5.82 Å². The molecule has 3 aromatic rings. The van der Waals surface area contributed by atoms with Crippen molar-refractivity contribution in [1.29, 1.82) is 0 Å². The van der Waals surface area contributed by atoms with E-state index in [1.165, 1.54) is 12.3 Å². The highest BCUT2D eigenvalue weighted by atomic mass is 19.4. The molecule has 0 radical (unpaired) electrons. The van der Waals surface area contributed by atoms with Gasteiger partial charge in [-0.05, 0) is 30.3 Å². The van der Waals surface area contributed by atoms with Crippen LogP contribution in [0.2, 0.25) is 0 Å². The number of hydrogen-bond donors (Lipinski definition) is 1. The molecule has 1 N–H and O–H groups in total. The Hall–Kier alpha value is -2.90. The highest BCUT2D eigenvalue weighted by molar-refractivity contribution is 5.78. The molecule has 0 fully saturated rings. The van der Waals surface area contributed by atoms with E-state index in [-0.39, 0.29) is 16.7 Å². The molecule has 0 saturated carbocycles. The van der Waals surface area contributed by atoms with Gasteiger partial charge in [0.25, 0.3) is 5.56 Å². The molecule has 0 unspecified atom stereocenters. The third kappa shape index (κ3) is 2.28. The van der Waals surface area contributed by atoms with Crippen LogP contribution in [-0.2, 0) is 6.18 Å². The van der Waals surface area contributed by atoms with Crippen LogP contribution in [0.1, 0.15) is 5.56 Å². The number of pyridine rings is 1. The number of halogens is 3. The molecule has 2 aromatic heterocycles. The van der Waals surface area contributed by atoms with Gasteiger partial charge in [0.1, 0.15) is 5.82 Å². The average Bonchev–Trinajstić information content (AvgIpc) is 2.47. The third-order valence-electron chi connectivity index (χ3n) is 3.10. The molecular formula is C14H8F3N3O2. The number of nitrogens with zero attached hydrogens (tertiary/aromatic N) is 2. The summed E-state index contributed by atoms with van der Waals surface area (Å²) in [6.45, 7) is 0. The van der Waals surface area contributed by atoms with Crippen LogP contribution < -0.4 is 11.2 Å². The lowest BCUT2D eigenvalue weighted by Crippen LogP contribution is -2.34. The van der Waals surface area contributed by atoms with Crippen LogP contribution >= 0.6 is 0 Å². The molecule has 0 aliphatic heterocycles.